The Bertz CT molecular complexity index is 637. The molecule has 24 heavy (non-hydrogen) atoms. The predicted molar refractivity (Wildman–Crippen MR) is 98.3 cm³/mol. The first-order valence-electron chi connectivity index (χ1n) is 9.09. The third-order valence-corrected chi connectivity index (χ3v) is 6.57. The summed E-state index contributed by atoms with van der Waals surface area (Å²) in [5.74, 6) is 0. The number of hydrogen-bond acceptors (Lipinski definition) is 4. The monoisotopic (exact) mass is 342 g/mol. The number of pyridine rings is 1. The fourth-order valence-electron chi connectivity index (χ4n) is 4.43. The van der Waals surface area contributed by atoms with Crippen molar-refractivity contribution >= 4 is 11.3 Å². The van der Waals surface area contributed by atoms with Crippen LogP contribution >= 0.6 is 11.3 Å². The van der Waals surface area contributed by atoms with Crippen LogP contribution in [0.4, 0.5) is 0 Å². The lowest BCUT2D eigenvalue weighted by atomic mass is 9.75. The molecule has 0 aromatic carbocycles. The topological polar surface area (TPSA) is 34.1 Å². The Hall–Kier alpha value is -1.23. The maximum Gasteiger partial charge on any atom is 0.0693 e. The average Bonchev–Trinajstić information content (AvgIpc) is 3.36. The number of nitrogens with one attached hydrogen (secondary N) is 1. The van der Waals surface area contributed by atoms with E-state index < -0.39 is 0 Å². The predicted octanol–water partition coefficient (Wildman–Crippen LogP) is 4.29. The molecule has 1 saturated carbocycles. The Kier molecular flexibility index (Phi) is 4.70. The molecule has 1 atom stereocenters. The molecule has 1 N–H and O–H groups in total. The first kappa shape index (κ1) is 16.2. The Balaban J connectivity index is 1.45. The van der Waals surface area contributed by atoms with Crippen LogP contribution in [0.15, 0.2) is 41.9 Å². The highest BCUT2D eigenvalue weighted by molar-refractivity contribution is 7.09. The molecule has 2 aromatic heterocycles. The normalized spacial score (nSPS) is 25.5. The van der Waals surface area contributed by atoms with Crippen LogP contribution in [-0.2, 0) is 16.7 Å². The van der Waals surface area contributed by atoms with Crippen molar-refractivity contribution in [3.63, 3.8) is 0 Å². The smallest absolute Gasteiger partial charge is 0.0693 e. The SMILES string of the molecule is c1ccc(C2(CCNCc3cccs3)COC3(CCCC3)C2)nc1. The van der Waals surface area contributed by atoms with Crippen LogP contribution in [0, 0.1) is 0 Å². The van der Waals surface area contributed by atoms with E-state index in [4.69, 9.17) is 9.72 Å². The summed E-state index contributed by atoms with van der Waals surface area (Å²) < 4.78 is 6.41. The van der Waals surface area contributed by atoms with Crippen molar-refractivity contribution < 1.29 is 4.74 Å². The Morgan fingerprint density at radius 1 is 1.17 bits per heavy atom. The van der Waals surface area contributed by atoms with Gasteiger partial charge in [0, 0.05) is 28.7 Å². The van der Waals surface area contributed by atoms with Crippen LogP contribution in [0.2, 0.25) is 0 Å². The Labute approximate surface area is 148 Å². The van der Waals surface area contributed by atoms with Crippen molar-refractivity contribution in [2.24, 2.45) is 0 Å². The van der Waals surface area contributed by atoms with Crippen LogP contribution < -0.4 is 5.32 Å². The van der Waals surface area contributed by atoms with Crippen LogP contribution in [0.1, 0.15) is 49.1 Å². The molecule has 4 heteroatoms. The number of ether oxygens (including phenoxy) is 1. The second kappa shape index (κ2) is 6.95. The minimum absolute atomic E-state index is 0.0774. The zero-order chi connectivity index (χ0) is 16.3. The zero-order valence-corrected chi connectivity index (χ0v) is 15.0. The molecule has 1 saturated heterocycles. The van der Waals surface area contributed by atoms with Crippen molar-refractivity contribution in [1.82, 2.24) is 10.3 Å². The van der Waals surface area contributed by atoms with Gasteiger partial charge in [-0.05, 0) is 55.8 Å². The van der Waals surface area contributed by atoms with Gasteiger partial charge in [0.1, 0.15) is 0 Å². The van der Waals surface area contributed by atoms with E-state index in [1.54, 1.807) is 0 Å². The summed E-state index contributed by atoms with van der Waals surface area (Å²) in [6, 6.07) is 10.6. The van der Waals surface area contributed by atoms with Gasteiger partial charge in [-0.1, -0.05) is 25.0 Å². The highest BCUT2D eigenvalue weighted by Gasteiger charge is 2.51. The van der Waals surface area contributed by atoms with Gasteiger partial charge < -0.3 is 10.1 Å². The summed E-state index contributed by atoms with van der Waals surface area (Å²) in [5, 5.41) is 5.76. The lowest BCUT2D eigenvalue weighted by Crippen LogP contribution is -2.34. The summed E-state index contributed by atoms with van der Waals surface area (Å²) in [4.78, 5) is 6.11. The lowest BCUT2D eigenvalue weighted by Gasteiger charge is -2.29. The van der Waals surface area contributed by atoms with Crippen LogP contribution in [0.3, 0.4) is 0 Å². The standard InChI is InChI=1S/C20H26N2OS/c1-4-11-22-18(7-1)19(10-12-21-14-17-6-5-13-24-17)15-20(23-16-19)8-2-3-9-20/h1,4-7,11,13,21H,2-3,8-10,12,14-16H2. The molecule has 0 radical (unpaired) electrons. The molecule has 3 heterocycles. The number of hydrogen-bond donors (Lipinski definition) is 1. The van der Waals surface area contributed by atoms with Gasteiger partial charge in [-0.15, -0.1) is 11.3 Å². The number of aromatic nitrogens is 1. The van der Waals surface area contributed by atoms with Gasteiger partial charge in [0.05, 0.1) is 12.2 Å². The molecule has 128 valence electrons. The second-order valence-electron chi connectivity index (χ2n) is 7.36. The lowest BCUT2D eigenvalue weighted by molar-refractivity contribution is 0.00859. The van der Waals surface area contributed by atoms with Gasteiger partial charge in [-0.3, -0.25) is 4.98 Å². The minimum atomic E-state index is 0.0774. The molecule has 1 unspecified atom stereocenters. The average molecular weight is 343 g/mol. The molecule has 1 spiro atoms. The fourth-order valence-corrected chi connectivity index (χ4v) is 5.11. The Morgan fingerprint density at radius 3 is 2.83 bits per heavy atom. The summed E-state index contributed by atoms with van der Waals surface area (Å²) in [6.07, 6.45) is 9.24. The van der Waals surface area contributed by atoms with E-state index in [0.29, 0.717) is 0 Å². The molecular weight excluding hydrogens is 316 g/mol. The van der Waals surface area contributed by atoms with Crippen molar-refractivity contribution in [3.05, 3.63) is 52.5 Å². The van der Waals surface area contributed by atoms with Gasteiger partial charge in [0.25, 0.3) is 0 Å². The van der Waals surface area contributed by atoms with Crippen LogP contribution in [-0.4, -0.2) is 23.7 Å². The number of rotatable bonds is 6. The molecular formula is C20H26N2OS. The quantitative estimate of drug-likeness (QED) is 0.795. The number of thiophene rings is 1. The van der Waals surface area contributed by atoms with E-state index in [9.17, 15) is 0 Å². The Morgan fingerprint density at radius 2 is 2.08 bits per heavy atom. The molecule has 1 aliphatic carbocycles. The molecule has 3 nitrogen and oxygen atoms in total. The van der Waals surface area contributed by atoms with Crippen molar-refractivity contribution in [2.75, 3.05) is 13.2 Å². The highest BCUT2D eigenvalue weighted by atomic mass is 32.1. The maximum atomic E-state index is 6.41. The molecule has 4 rings (SSSR count). The van der Waals surface area contributed by atoms with E-state index in [0.717, 1.165) is 32.5 Å². The molecule has 0 bridgehead atoms. The fraction of sp³-hybridized carbons (Fsp3) is 0.550. The molecule has 1 aliphatic heterocycles. The molecule has 2 fully saturated rings. The van der Waals surface area contributed by atoms with Gasteiger partial charge in [0.2, 0.25) is 0 Å². The van der Waals surface area contributed by atoms with Crippen LogP contribution in [0.25, 0.3) is 0 Å². The maximum absolute atomic E-state index is 6.41. The highest BCUT2D eigenvalue weighted by Crippen LogP contribution is 2.50. The molecule has 0 amide bonds. The largest absolute Gasteiger partial charge is 0.374 e. The van der Waals surface area contributed by atoms with Gasteiger partial charge in [-0.2, -0.15) is 0 Å². The third-order valence-electron chi connectivity index (χ3n) is 5.70. The van der Waals surface area contributed by atoms with E-state index in [-0.39, 0.29) is 11.0 Å². The van der Waals surface area contributed by atoms with E-state index in [2.05, 4.69) is 35.0 Å². The summed E-state index contributed by atoms with van der Waals surface area (Å²) >= 11 is 1.82. The van der Waals surface area contributed by atoms with Crippen molar-refractivity contribution in [2.45, 2.75) is 56.1 Å². The van der Waals surface area contributed by atoms with Crippen molar-refractivity contribution in [3.8, 4) is 0 Å². The first-order valence-corrected chi connectivity index (χ1v) is 9.97. The molecule has 2 aromatic rings. The van der Waals surface area contributed by atoms with Crippen LogP contribution in [0.5, 0.6) is 0 Å². The summed E-state index contributed by atoms with van der Waals surface area (Å²) in [7, 11) is 0. The summed E-state index contributed by atoms with van der Waals surface area (Å²) in [5.41, 5.74) is 1.42. The second-order valence-corrected chi connectivity index (χ2v) is 8.39. The zero-order valence-electron chi connectivity index (χ0n) is 14.2. The van der Waals surface area contributed by atoms with Gasteiger partial charge in [0.15, 0.2) is 0 Å². The number of nitrogens with zero attached hydrogens (tertiary/aromatic N) is 1. The van der Waals surface area contributed by atoms with E-state index >= 15 is 0 Å². The summed E-state index contributed by atoms with van der Waals surface area (Å²) in [6.45, 7) is 2.79. The first-order chi connectivity index (χ1) is 11.8. The van der Waals surface area contributed by atoms with Gasteiger partial charge >= 0.3 is 0 Å². The third kappa shape index (κ3) is 3.28. The molecule has 2 aliphatic rings. The van der Waals surface area contributed by atoms with Gasteiger partial charge in [-0.25, -0.2) is 0 Å². The minimum Gasteiger partial charge on any atom is -0.374 e. The van der Waals surface area contributed by atoms with E-state index in [1.165, 1.54) is 36.3 Å². The van der Waals surface area contributed by atoms with E-state index in [1.807, 2.05) is 23.6 Å². The van der Waals surface area contributed by atoms with Crippen molar-refractivity contribution in [1.29, 1.82) is 0 Å².